The maximum atomic E-state index is 12.9. The van der Waals surface area contributed by atoms with Crippen molar-refractivity contribution in [3.63, 3.8) is 0 Å². The van der Waals surface area contributed by atoms with Gasteiger partial charge in [0.1, 0.15) is 11.5 Å². The number of aliphatic hydroxyl groups is 1. The Hall–Kier alpha value is -2.21. The van der Waals surface area contributed by atoms with Crippen molar-refractivity contribution in [2.24, 2.45) is 0 Å². The summed E-state index contributed by atoms with van der Waals surface area (Å²) in [7, 11) is 0. The van der Waals surface area contributed by atoms with Gasteiger partial charge in [-0.25, -0.2) is 4.39 Å². The number of benzene rings is 1. The lowest BCUT2D eigenvalue weighted by Gasteiger charge is -2.25. The van der Waals surface area contributed by atoms with Gasteiger partial charge in [-0.3, -0.25) is 9.89 Å². The normalized spacial score (nSPS) is 21.5. The van der Waals surface area contributed by atoms with Crippen LogP contribution in [0.2, 0.25) is 0 Å². The summed E-state index contributed by atoms with van der Waals surface area (Å²) in [6.07, 6.45) is 2.76. The largest absolute Gasteiger partial charge is 0.393 e. The van der Waals surface area contributed by atoms with Crippen LogP contribution < -0.4 is 5.32 Å². The van der Waals surface area contributed by atoms with Crippen molar-refractivity contribution in [2.75, 3.05) is 0 Å². The van der Waals surface area contributed by atoms with Crippen LogP contribution in [0.1, 0.15) is 36.2 Å². The number of carbonyl (C=O) groups excluding carboxylic acids is 1. The van der Waals surface area contributed by atoms with Crippen LogP contribution in [0, 0.1) is 5.82 Å². The van der Waals surface area contributed by atoms with Crippen LogP contribution in [0.5, 0.6) is 0 Å². The molecular weight excluding hydrogens is 285 g/mol. The fraction of sp³-hybridized carbons (Fsp3) is 0.375. The summed E-state index contributed by atoms with van der Waals surface area (Å²) < 4.78 is 12.9. The van der Waals surface area contributed by atoms with Gasteiger partial charge in [0.05, 0.1) is 11.8 Å². The molecule has 116 valence electrons. The Morgan fingerprint density at radius 2 is 1.91 bits per heavy atom. The van der Waals surface area contributed by atoms with Crippen molar-refractivity contribution in [3.05, 3.63) is 41.8 Å². The van der Waals surface area contributed by atoms with E-state index in [1.54, 1.807) is 18.2 Å². The maximum absolute atomic E-state index is 12.9. The van der Waals surface area contributed by atoms with Crippen molar-refractivity contribution in [1.82, 2.24) is 15.5 Å². The third-order valence-electron chi connectivity index (χ3n) is 3.99. The zero-order valence-electron chi connectivity index (χ0n) is 12.1. The van der Waals surface area contributed by atoms with Crippen LogP contribution in [0.3, 0.4) is 0 Å². The minimum absolute atomic E-state index is 0.0912. The molecule has 5 nitrogen and oxygen atoms in total. The van der Waals surface area contributed by atoms with Gasteiger partial charge >= 0.3 is 0 Å². The van der Waals surface area contributed by atoms with E-state index in [1.165, 1.54) is 12.1 Å². The summed E-state index contributed by atoms with van der Waals surface area (Å²) in [4.78, 5) is 12.2. The van der Waals surface area contributed by atoms with Gasteiger partial charge in [-0.15, -0.1) is 0 Å². The lowest BCUT2D eigenvalue weighted by molar-refractivity contribution is 0.0863. The number of halogens is 1. The molecule has 1 aromatic heterocycles. The molecular formula is C16H18FN3O2. The number of carbonyl (C=O) groups is 1. The van der Waals surface area contributed by atoms with Crippen LogP contribution >= 0.6 is 0 Å². The predicted molar refractivity (Wildman–Crippen MR) is 79.7 cm³/mol. The molecule has 1 aliphatic rings. The second-order valence-electron chi connectivity index (χ2n) is 5.65. The van der Waals surface area contributed by atoms with E-state index >= 15 is 0 Å². The van der Waals surface area contributed by atoms with Crippen LogP contribution in [-0.2, 0) is 0 Å². The van der Waals surface area contributed by atoms with Gasteiger partial charge in [0.15, 0.2) is 0 Å². The summed E-state index contributed by atoms with van der Waals surface area (Å²) >= 11 is 0. The fourth-order valence-corrected chi connectivity index (χ4v) is 2.69. The topological polar surface area (TPSA) is 78.0 Å². The zero-order valence-corrected chi connectivity index (χ0v) is 12.1. The van der Waals surface area contributed by atoms with Gasteiger partial charge < -0.3 is 10.4 Å². The highest BCUT2D eigenvalue weighted by Crippen LogP contribution is 2.20. The van der Waals surface area contributed by atoms with E-state index in [-0.39, 0.29) is 23.9 Å². The number of nitrogens with zero attached hydrogens (tertiary/aromatic N) is 1. The van der Waals surface area contributed by atoms with E-state index in [0.717, 1.165) is 31.2 Å². The Labute approximate surface area is 127 Å². The van der Waals surface area contributed by atoms with Gasteiger partial charge in [0, 0.05) is 11.6 Å². The van der Waals surface area contributed by atoms with Crippen molar-refractivity contribution in [1.29, 1.82) is 0 Å². The lowest BCUT2D eigenvalue weighted by Crippen LogP contribution is -2.38. The zero-order chi connectivity index (χ0) is 15.5. The van der Waals surface area contributed by atoms with Crippen LogP contribution in [0.4, 0.5) is 4.39 Å². The SMILES string of the molecule is O=C(NC1CCC(O)CC1)c1cc(-c2ccc(F)cc2)n[nH]1. The Bertz CT molecular complexity index is 646. The summed E-state index contributed by atoms with van der Waals surface area (Å²) in [5.74, 6) is -0.515. The number of nitrogens with one attached hydrogen (secondary N) is 2. The molecule has 0 atom stereocenters. The Morgan fingerprint density at radius 3 is 2.59 bits per heavy atom. The minimum Gasteiger partial charge on any atom is -0.393 e. The summed E-state index contributed by atoms with van der Waals surface area (Å²) in [5, 5.41) is 19.2. The second kappa shape index (κ2) is 6.27. The number of hydrogen-bond donors (Lipinski definition) is 3. The van der Waals surface area contributed by atoms with Gasteiger partial charge in [0.25, 0.3) is 5.91 Å². The molecule has 3 N–H and O–H groups in total. The quantitative estimate of drug-likeness (QED) is 0.814. The number of aromatic amines is 1. The molecule has 1 amide bonds. The van der Waals surface area contributed by atoms with Gasteiger partial charge in [0.2, 0.25) is 0 Å². The molecule has 6 heteroatoms. The van der Waals surface area contributed by atoms with Gasteiger partial charge in [-0.05, 0) is 56.0 Å². The molecule has 0 unspecified atom stereocenters. The molecule has 3 rings (SSSR count). The Morgan fingerprint density at radius 1 is 1.23 bits per heavy atom. The average molecular weight is 303 g/mol. The number of aromatic nitrogens is 2. The first-order valence-corrected chi connectivity index (χ1v) is 7.42. The highest BCUT2D eigenvalue weighted by atomic mass is 19.1. The van der Waals surface area contributed by atoms with Gasteiger partial charge in [-0.2, -0.15) is 5.10 Å². The molecule has 0 radical (unpaired) electrons. The molecule has 0 spiro atoms. The van der Waals surface area contributed by atoms with Crippen LogP contribution in [0.15, 0.2) is 30.3 Å². The molecule has 2 aromatic rings. The number of rotatable bonds is 3. The second-order valence-corrected chi connectivity index (χ2v) is 5.65. The van der Waals surface area contributed by atoms with Crippen molar-refractivity contribution >= 4 is 5.91 Å². The highest BCUT2D eigenvalue weighted by molar-refractivity contribution is 5.93. The molecule has 1 heterocycles. The van der Waals surface area contributed by atoms with E-state index in [0.29, 0.717) is 11.4 Å². The van der Waals surface area contributed by atoms with Gasteiger partial charge in [-0.1, -0.05) is 0 Å². The summed E-state index contributed by atoms with van der Waals surface area (Å²) in [5.41, 5.74) is 1.73. The fourth-order valence-electron chi connectivity index (χ4n) is 2.69. The van der Waals surface area contributed by atoms with E-state index < -0.39 is 0 Å². The monoisotopic (exact) mass is 303 g/mol. The molecule has 1 saturated carbocycles. The molecule has 0 bridgehead atoms. The summed E-state index contributed by atoms with van der Waals surface area (Å²) in [6.45, 7) is 0. The van der Waals surface area contributed by atoms with E-state index in [4.69, 9.17) is 0 Å². The van der Waals surface area contributed by atoms with Crippen molar-refractivity contribution in [2.45, 2.75) is 37.8 Å². The first-order valence-electron chi connectivity index (χ1n) is 7.42. The summed E-state index contributed by atoms with van der Waals surface area (Å²) in [6, 6.07) is 7.70. The van der Waals surface area contributed by atoms with E-state index in [1.807, 2.05) is 0 Å². The maximum Gasteiger partial charge on any atom is 0.269 e. The molecule has 1 fully saturated rings. The standard InChI is InChI=1S/C16H18FN3O2/c17-11-3-1-10(2-4-11)14-9-15(20-19-14)16(22)18-12-5-7-13(21)8-6-12/h1-4,9,12-13,21H,5-8H2,(H,18,22)(H,19,20). The lowest BCUT2D eigenvalue weighted by atomic mass is 9.93. The first-order chi connectivity index (χ1) is 10.6. The minimum atomic E-state index is -0.309. The predicted octanol–water partition coefficient (Wildman–Crippen LogP) is 2.25. The average Bonchev–Trinajstić information content (AvgIpc) is 3.00. The van der Waals surface area contributed by atoms with Crippen LogP contribution in [-0.4, -0.2) is 33.4 Å². The third kappa shape index (κ3) is 3.33. The number of hydrogen-bond acceptors (Lipinski definition) is 3. The van der Waals surface area contributed by atoms with E-state index in [2.05, 4.69) is 15.5 Å². The molecule has 0 aliphatic heterocycles. The molecule has 22 heavy (non-hydrogen) atoms. The number of amides is 1. The number of aliphatic hydroxyl groups excluding tert-OH is 1. The Balaban J connectivity index is 1.65. The van der Waals surface area contributed by atoms with E-state index in [9.17, 15) is 14.3 Å². The van der Waals surface area contributed by atoms with Crippen molar-refractivity contribution < 1.29 is 14.3 Å². The molecule has 1 aromatic carbocycles. The number of H-pyrrole nitrogens is 1. The Kier molecular flexibility index (Phi) is 4.20. The van der Waals surface area contributed by atoms with Crippen molar-refractivity contribution in [3.8, 4) is 11.3 Å². The molecule has 1 aliphatic carbocycles. The third-order valence-corrected chi connectivity index (χ3v) is 3.99. The smallest absolute Gasteiger partial charge is 0.269 e. The molecule has 0 saturated heterocycles. The highest BCUT2D eigenvalue weighted by Gasteiger charge is 2.22. The first kappa shape index (κ1) is 14.7. The van der Waals surface area contributed by atoms with Crippen LogP contribution in [0.25, 0.3) is 11.3 Å².